The number of benzene rings is 1. The summed E-state index contributed by atoms with van der Waals surface area (Å²) in [5, 5.41) is 9.95. The molecule has 0 spiro atoms. The van der Waals surface area contributed by atoms with E-state index in [-0.39, 0.29) is 24.4 Å². The standard InChI is InChI=1S/C15H13F6NO2/c1-9-13(24,8-23)6-7-22(9)11-4-2-10(3-5-11)12(14(16,17)18)15(19,20)21/h2-5,8,12,24H,1,6-7H2. The highest BCUT2D eigenvalue weighted by molar-refractivity contribution is 5.74. The van der Waals surface area contributed by atoms with Gasteiger partial charge in [-0.2, -0.15) is 26.3 Å². The molecule has 1 atom stereocenters. The van der Waals surface area contributed by atoms with Gasteiger partial charge in [-0.3, -0.25) is 4.79 Å². The third-order valence-corrected chi connectivity index (χ3v) is 3.93. The molecule has 9 heteroatoms. The summed E-state index contributed by atoms with van der Waals surface area (Å²) in [4.78, 5) is 12.3. The van der Waals surface area contributed by atoms with Crippen molar-refractivity contribution in [2.45, 2.75) is 30.3 Å². The van der Waals surface area contributed by atoms with Crippen LogP contribution < -0.4 is 4.90 Å². The summed E-state index contributed by atoms with van der Waals surface area (Å²) < 4.78 is 76.2. The van der Waals surface area contributed by atoms with E-state index in [1.54, 1.807) is 0 Å². The first-order chi connectivity index (χ1) is 10.9. The molecule has 2 rings (SSSR count). The van der Waals surface area contributed by atoms with Crippen molar-refractivity contribution in [3.63, 3.8) is 0 Å². The molecule has 0 saturated carbocycles. The fourth-order valence-corrected chi connectivity index (χ4v) is 2.62. The number of alkyl halides is 6. The summed E-state index contributed by atoms with van der Waals surface area (Å²) in [6, 6.07) is 3.60. The lowest BCUT2D eigenvalue weighted by molar-refractivity contribution is -0.253. The van der Waals surface area contributed by atoms with Crippen LogP contribution in [0.4, 0.5) is 32.0 Å². The fourth-order valence-electron chi connectivity index (χ4n) is 2.62. The molecule has 3 nitrogen and oxygen atoms in total. The van der Waals surface area contributed by atoms with Crippen molar-refractivity contribution >= 4 is 12.0 Å². The van der Waals surface area contributed by atoms with Crippen molar-refractivity contribution in [2.75, 3.05) is 11.4 Å². The van der Waals surface area contributed by atoms with Crippen LogP contribution in [0.1, 0.15) is 17.9 Å². The van der Waals surface area contributed by atoms with Crippen LogP contribution in [0.15, 0.2) is 36.5 Å². The van der Waals surface area contributed by atoms with Gasteiger partial charge in [0.1, 0.15) is 0 Å². The van der Waals surface area contributed by atoms with Crippen LogP contribution in [0.5, 0.6) is 0 Å². The summed E-state index contributed by atoms with van der Waals surface area (Å²) in [6.45, 7) is 3.72. The Morgan fingerprint density at radius 3 is 2.00 bits per heavy atom. The van der Waals surface area contributed by atoms with Gasteiger partial charge >= 0.3 is 12.4 Å². The predicted octanol–water partition coefficient (Wildman–Crippen LogP) is 3.55. The van der Waals surface area contributed by atoms with Crippen LogP contribution in [-0.2, 0) is 4.79 Å². The molecule has 1 heterocycles. The zero-order chi connectivity index (χ0) is 18.3. The molecular weight excluding hydrogens is 340 g/mol. The molecule has 1 aliphatic heterocycles. The molecule has 1 aromatic rings. The Morgan fingerprint density at radius 2 is 1.62 bits per heavy atom. The Labute approximate surface area is 133 Å². The number of hydrogen-bond donors (Lipinski definition) is 1. The Kier molecular flexibility index (Phi) is 4.43. The second-order valence-corrected chi connectivity index (χ2v) is 5.50. The summed E-state index contributed by atoms with van der Waals surface area (Å²) in [5.41, 5.74) is -2.45. The molecular formula is C15H13F6NO2. The van der Waals surface area contributed by atoms with E-state index in [9.17, 15) is 36.2 Å². The monoisotopic (exact) mass is 353 g/mol. The van der Waals surface area contributed by atoms with Crippen molar-refractivity contribution in [3.8, 4) is 0 Å². The predicted molar refractivity (Wildman–Crippen MR) is 73.4 cm³/mol. The molecule has 0 amide bonds. The highest BCUT2D eigenvalue weighted by atomic mass is 19.4. The van der Waals surface area contributed by atoms with Crippen LogP contribution in [0, 0.1) is 0 Å². The summed E-state index contributed by atoms with van der Waals surface area (Å²) >= 11 is 0. The van der Waals surface area contributed by atoms with Crippen LogP contribution in [-0.4, -0.2) is 35.9 Å². The SMILES string of the molecule is C=C1N(c2ccc(C(C(F)(F)F)C(F)(F)F)cc2)CCC1(O)C=O. The van der Waals surface area contributed by atoms with Gasteiger partial charge in [0.05, 0.1) is 5.70 Å². The van der Waals surface area contributed by atoms with Gasteiger partial charge in [-0.05, 0) is 17.7 Å². The first kappa shape index (κ1) is 18.3. The lowest BCUT2D eigenvalue weighted by Crippen LogP contribution is -2.34. The summed E-state index contributed by atoms with van der Waals surface area (Å²) in [7, 11) is 0. The molecule has 0 aliphatic carbocycles. The largest absolute Gasteiger partial charge is 0.404 e. The third-order valence-electron chi connectivity index (χ3n) is 3.93. The maximum absolute atomic E-state index is 12.7. The second kappa shape index (κ2) is 5.80. The quantitative estimate of drug-likeness (QED) is 0.667. The highest BCUT2D eigenvalue weighted by Gasteiger charge is 2.57. The molecule has 0 radical (unpaired) electrons. The Bertz CT molecular complexity index is 623. The van der Waals surface area contributed by atoms with Crippen molar-refractivity contribution < 1.29 is 36.2 Å². The minimum Gasteiger partial charge on any atom is -0.376 e. The van der Waals surface area contributed by atoms with Gasteiger partial charge in [-0.25, -0.2) is 0 Å². The number of hydrogen-bond acceptors (Lipinski definition) is 3. The molecule has 132 valence electrons. The number of carbonyl (C=O) groups is 1. The number of rotatable bonds is 3. The molecule has 0 bridgehead atoms. The van der Waals surface area contributed by atoms with Gasteiger partial charge in [0, 0.05) is 18.7 Å². The number of anilines is 1. The van der Waals surface area contributed by atoms with E-state index >= 15 is 0 Å². The van der Waals surface area contributed by atoms with Gasteiger partial charge < -0.3 is 10.0 Å². The third kappa shape index (κ3) is 3.26. The molecule has 0 aromatic heterocycles. The number of halogens is 6. The summed E-state index contributed by atoms with van der Waals surface area (Å²) in [6.07, 6.45) is -10.6. The number of aldehydes is 1. The minimum atomic E-state index is -5.46. The van der Waals surface area contributed by atoms with Gasteiger partial charge in [-0.1, -0.05) is 18.7 Å². The first-order valence-electron chi connectivity index (χ1n) is 6.79. The van der Waals surface area contributed by atoms with Crippen LogP contribution in [0.25, 0.3) is 0 Å². The van der Waals surface area contributed by atoms with Crippen LogP contribution in [0.2, 0.25) is 0 Å². The Balaban J connectivity index is 2.31. The number of carbonyl (C=O) groups excluding carboxylic acids is 1. The van der Waals surface area contributed by atoms with E-state index in [1.165, 1.54) is 4.90 Å². The zero-order valence-corrected chi connectivity index (χ0v) is 12.2. The molecule has 24 heavy (non-hydrogen) atoms. The number of aliphatic hydroxyl groups is 1. The lowest BCUT2D eigenvalue weighted by atomic mass is 9.97. The maximum atomic E-state index is 12.7. The van der Waals surface area contributed by atoms with E-state index in [1.807, 2.05) is 0 Å². The van der Waals surface area contributed by atoms with E-state index in [0.29, 0.717) is 6.29 Å². The molecule has 1 unspecified atom stereocenters. The average Bonchev–Trinajstić information content (AvgIpc) is 2.74. The van der Waals surface area contributed by atoms with Gasteiger partial charge in [0.25, 0.3) is 0 Å². The molecule has 1 aromatic carbocycles. The topological polar surface area (TPSA) is 40.5 Å². The number of nitrogens with zero attached hydrogens (tertiary/aromatic N) is 1. The van der Waals surface area contributed by atoms with Crippen LogP contribution >= 0.6 is 0 Å². The van der Waals surface area contributed by atoms with E-state index in [2.05, 4.69) is 6.58 Å². The zero-order valence-electron chi connectivity index (χ0n) is 12.2. The van der Waals surface area contributed by atoms with Crippen LogP contribution in [0.3, 0.4) is 0 Å². The van der Waals surface area contributed by atoms with Crippen molar-refractivity contribution in [2.24, 2.45) is 0 Å². The Morgan fingerprint density at radius 1 is 1.12 bits per heavy atom. The minimum absolute atomic E-state index is 0.0217. The smallest absolute Gasteiger partial charge is 0.376 e. The normalized spacial score (nSPS) is 22.3. The van der Waals surface area contributed by atoms with Gasteiger partial charge in [-0.15, -0.1) is 0 Å². The van der Waals surface area contributed by atoms with Crippen molar-refractivity contribution in [1.29, 1.82) is 0 Å². The fraction of sp³-hybridized carbons (Fsp3) is 0.400. The summed E-state index contributed by atoms with van der Waals surface area (Å²) in [5.74, 6) is -3.58. The van der Waals surface area contributed by atoms with E-state index in [0.717, 1.165) is 24.3 Å². The first-order valence-corrected chi connectivity index (χ1v) is 6.79. The van der Waals surface area contributed by atoms with Crippen molar-refractivity contribution in [3.05, 3.63) is 42.1 Å². The average molecular weight is 353 g/mol. The van der Waals surface area contributed by atoms with E-state index in [4.69, 9.17) is 0 Å². The van der Waals surface area contributed by atoms with Crippen molar-refractivity contribution in [1.82, 2.24) is 0 Å². The maximum Gasteiger partial charge on any atom is 0.404 e. The van der Waals surface area contributed by atoms with Gasteiger partial charge in [0.15, 0.2) is 17.8 Å². The molecule has 1 N–H and O–H groups in total. The lowest BCUT2D eigenvalue weighted by Gasteiger charge is -2.25. The molecule has 1 aliphatic rings. The Hall–Kier alpha value is -2.03. The second-order valence-electron chi connectivity index (χ2n) is 5.50. The molecule has 1 saturated heterocycles. The van der Waals surface area contributed by atoms with Gasteiger partial charge in [0.2, 0.25) is 0 Å². The van der Waals surface area contributed by atoms with E-state index < -0.39 is 29.4 Å². The highest BCUT2D eigenvalue weighted by Crippen LogP contribution is 2.46. The molecule has 1 fully saturated rings.